The van der Waals surface area contributed by atoms with Gasteiger partial charge in [0.2, 0.25) is 0 Å². The second-order valence-electron chi connectivity index (χ2n) is 4.70. The van der Waals surface area contributed by atoms with Gasteiger partial charge >= 0.3 is 0 Å². The highest BCUT2D eigenvalue weighted by Gasteiger charge is 2.03. The third kappa shape index (κ3) is 3.56. The minimum Gasteiger partial charge on any atom is -0.392 e. The molecule has 0 aliphatic carbocycles. The molecule has 0 aliphatic heterocycles. The summed E-state index contributed by atoms with van der Waals surface area (Å²) >= 11 is 0. The molecule has 0 aromatic heterocycles. The zero-order valence-corrected chi connectivity index (χ0v) is 11.2. The van der Waals surface area contributed by atoms with Crippen molar-refractivity contribution in [2.45, 2.75) is 19.7 Å². The number of hydrogen-bond acceptors (Lipinski definition) is 3. The van der Waals surface area contributed by atoms with Gasteiger partial charge in [-0.2, -0.15) is 0 Å². The van der Waals surface area contributed by atoms with Crippen molar-refractivity contribution in [1.29, 1.82) is 0 Å². The summed E-state index contributed by atoms with van der Waals surface area (Å²) in [5.41, 5.74) is 10.1. The molecule has 3 nitrogen and oxygen atoms in total. The summed E-state index contributed by atoms with van der Waals surface area (Å²) in [6.07, 6.45) is 0. The van der Waals surface area contributed by atoms with E-state index in [1.165, 1.54) is 5.56 Å². The van der Waals surface area contributed by atoms with Gasteiger partial charge in [0.1, 0.15) is 0 Å². The average Bonchev–Trinajstić information content (AvgIpc) is 2.48. The summed E-state index contributed by atoms with van der Waals surface area (Å²) in [5.74, 6) is 0. The molecule has 3 heteroatoms. The summed E-state index contributed by atoms with van der Waals surface area (Å²) in [4.78, 5) is 2.19. The largest absolute Gasteiger partial charge is 0.392 e. The summed E-state index contributed by atoms with van der Waals surface area (Å²) in [5, 5.41) is 9.02. The number of anilines is 1. The second kappa shape index (κ2) is 6.36. The van der Waals surface area contributed by atoms with Crippen LogP contribution in [0.1, 0.15) is 16.7 Å². The van der Waals surface area contributed by atoms with Crippen LogP contribution in [0.3, 0.4) is 0 Å². The Bertz CT molecular complexity index is 523. The molecule has 0 fully saturated rings. The first-order valence-electron chi connectivity index (χ1n) is 6.41. The van der Waals surface area contributed by atoms with Gasteiger partial charge in [0.05, 0.1) is 6.61 Å². The fourth-order valence-electron chi connectivity index (χ4n) is 2.04. The first-order chi connectivity index (χ1) is 9.22. The lowest BCUT2D eigenvalue weighted by Crippen LogP contribution is -2.16. The van der Waals surface area contributed by atoms with Crippen LogP contribution in [0, 0.1) is 0 Å². The fraction of sp³-hybridized carbons (Fsp3) is 0.250. The van der Waals surface area contributed by atoms with E-state index in [9.17, 15) is 0 Å². The highest BCUT2D eigenvalue weighted by atomic mass is 16.3. The average molecular weight is 256 g/mol. The molecule has 0 saturated carbocycles. The van der Waals surface area contributed by atoms with E-state index in [4.69, 9.17) is 10.8 Å². The van der Waals surface area contributed by atoms with Gasteiger partial charge in [0, 0.05) is 25.8 Å². The van der Waals surface area contributed by atoms with Crippen LogP contribution < -0.4 is 10.6 Å². The zero-order chi connectivity index (χ0) is 13.7. The van der Waals surface area contributed by atoms with Crippen LogP contribution in [0.25, 0.3) is 0 Å². The molecule has 0 radical (unpaired) electrons. The maximum Gasteiger partial charge on any atom is 0.0681 e. The maximum absolute atomic E-state index is 9.02. The Morgan fingerprint density at radius 1 is 1.00 bits per heavy atom. The van der Waals surface area contributed by atoms with Gasteiger partial charge < -0.3 is 15.7 Å². The third-order valence-corrected chi connectivity index (χ3v) is 3.21. The standard InChI is InChI=1S/C16H20N2O/c1-18(16-4-2-3-15(9-16)10-17)11-13-5-7-14(12-19)8-6-13/h2-9,19H,10-12,17H2,1H3. The van der Waals surface area contributed by atoms with Crippen LogP contribution in [0.15, 0.2) is 48.5 Å². The van der Waals surface area contributed by atoms with Crippen LogP contribution in [-0.2, 0) is 19.7 Å². The summed E-state index contributed by atoms with van der Waals surface area (Å²) in [6.45, 7) is 1.49. The molecule has 2 rings (SSSR count). The topological polar surface area (TPSA) is 49.5 Å². The molecule has 2 aromatic carbocycles. The van der Waals surface area contributed by atoms with Crippen molar-refractivity contribution in [3.05, 3.63) is 65.2 Å². The maximum atomic E-state index is 9.02. The minimum atomic E-state index is 0.0919. The molecule has 0 unspecified atom stereocenters. The lowest BCUT2D eigenvalue weighted by molar-refractivity contribution is 0.282. The molecule has 0 aliphatic rings. The molecule has 0 saturated heterocycles. The fourth-order valence-corrected chi connectivity index (χ4v) is 2.04. The van der Waals surface area contributed by atoms with Crippen LogP contribution >= 0.6 is 0 Å². The van der Waals surface area contributed by atoms with E-state index < -0.39 is 0 Å². The first-order valence-corrected chi connectivity index (χ1v) is 6.41. The van der Waals surface area contributed by atoms with Gasteiger partial charge in [-0.1, -0.05) is 36.4 Å². The molecule has 2 aromatic rings. The SMILES string of the molecule is CN(Cc1ccc(CO)cc1)c1cccc(CN)c1. The van der Waals surface area contributed by atoms with Gasteiger partial charge in [0.25, 0.3) is 0 Å². The Morgan fingerprint density at radius 2 is 1.68 bits per heavy atom. The van der Waals surface area contributed by atoms with Crippen molar-refractivity contribution in [1.82, 2.24) is 0 Å². The Balaban J connectivity index is 2.08. The van der Waals surface area contributed by atoms with Gasteiger partial charge in [-0.25, -0.2) is 0 Å². The summed E-state index contributed by atoms with van der Waals surface area (Å²) in [6, 6.07) is 16.3. The van der Waals surface area contributed by atoms with Crippen molar-refractivity contribution in [2.75, 3.05) is 11.9 Å². The molecule has 0 bridgehead atoms. The lowest BCUT2D eigenvalue weighted by atomic mass is 10.1. The monoisotopic (exact) mass is 256 g/mol. The van der Waals surface area contributed by atoms with E-state index in [2.05, 4.69) is 36.2 Å². The van der Waals surface area contributed by atoms with Crippen LogP contribution in [0.5, 0.6) is 0 Å². The van der Waals surface area contributed by atoms with Crippen molar-refractivity contribution in [3.63, 3.8) is 0 Å². The lowest BCUT2D eigenvalue weighted by Gasteiger charge is -2.20. The molecule has 0 amide bonds. The quantitative estimate of drug-likeness (QED) is 0.863. The van der Waals surface area contributed by atoms with E-state index >= 15 is 0 Å². The number of nitrogens with zero attached hydrogens (tertiary/aromatic N) is 1. The van der Waals surface area contributed by atoms with Crippen molar-refractivity contribution in [2.24, 2.45) is 5.73 Å². The Labute approximate surface area is 114 Å². The highest BCUT2D eigenvalue weighted by Crippen LogP contribution is 2.17. The normalized spacial score (nSPS) is 10.5. The molecule has 0 atom stereocenters. The van der Waals surface area contributed by atoms with E-state index in [-0.39, 0.29) is 6.61 Å². The number of rotatable bonds is 5. The molecule has 100 valence electrons. The van der Waals surface area contributed by atoms with E-state index in [1.54, 1.807) is 0 Å². The molecule has 0 spiro atoms. The zero-order valence-electron chi connectivity index (χ0n) is 11.2. The second-order valence-corrected chi connectivity index (χ2v) is 4.70. The Morgan fingerprint density at radius 3 is 2.32 bits per heavy atom. The molecular formula is C16H20N2O. The number of hydrogen-bond donors (Lipinski definition) is 2. The number of nitrogens with two attached hydrogens (primary N) is 1. The van der Waals surface area contributed by atoms with Gasteiger partial charge in [-0.15, -0.1) is 0 Å². The summed E-state index contributed by atoms with van der Waals surface area (Å²) in [7, 11) is 2.07. The van der Waals surface area contributed by atoms with Crippen LogP contribution in [-0.4, -0.2) is 12.2 Å². The number of aliphatic hydroxyl groups is 1. The van der Waals surface area contributed by atoms with Gasteiger partial charge in [-0.3, -0.25) is 0 Å². The molecular weight excluding hydrogens is 236 g/mol. The predicted octanol–water partition coefficient (Wildman–Crippen LogP) is 2.27. The molecule has 19 heavy (non-hydrogen) atoms. The van der Waals surface area contributed by atoms with Crippen molar-refractivity contribution < 1.29 is 5.11 Å². The Kier molecular flexibility index (Phi) is 4.55. The van der Waals surface area contributed by atoms with Gasteiger partial charge in [0.15, 0.2) is 0 Å². The predicted molar refractivity (Wildman–Crippen MR) is 78.8 cm³/mol. The molecule has 0 heterocycles. The third-order valence-electron chi connectivity index (χ3n) is 3.21. The first kappa shape index (κ1) is 13.6. The van der Waals surface area contributed by atoms with Crippen LogP contribution in [0.2, 0.25) is 0 Å². The number of benzene rings is 2. The van der Waals surface area contributed by atoms with E-state index in [0.717, 1.165) is 23.4 Å². The van der Waals surface area contributed by atoms with Crippen LogP contribution in [0.4, 0.5) is 5.69 Å². The Hall–Kier alpha value is -1.84. The molecule has 3 N–H and O–H groups in total. The van der Waals surface area contributed by atoms with Crippen molar-refractivity contribution in [3.8, 4) is 0 Å². The number of aliphatic hydroxyl groups excluding tert-OH is 1. The highest BCUT2D eigenvalue weighted by molar-refractivity contribution is 5.48. The van der Waals surface area contributed by atoms with Crippen molar-refractivity contribution >= 4 is 5.69 Å². The van der Waals surface area contributed by atoms with E-state index in [1.807, 2.05) is 24.3 Å². The smallest absolute Gasteiger partial charge is 0.0681 e. The van der Waals surface area contributed by atoms with E-state index in [0.29, 0.717) is 6.54 Å². The summed E-state index contributed by atoms with van der Waals surface area (Å²) < 4.78 is 0. The van der Waals surface area contributed by atoms with Gasteiger partial charge in [-0.05, 0) is 28.8 Å². The minimum absolute atomic E-state index is 0.0919.